The van der Waals surface area contributed by atoms with Gasteiger partial charge in [-0.3, -0.25) is 0 Å². The lowest BCUT2D eigenvalue weighted by Gasteiger charge is -2.18. The topological polar surface area (TPSA) is 32.3 Å². The molecular formula is C14H20FNO. The average molecular weight is 237 g/mol. The number of rotatable bonds is 5. The molecule has 1 aliphatic rings. The van der Waals surface area contributed by atoms with E-state index in [-0.39, 0.29) is 11.9 Å². The molecule has 1 fully saturated rings. The van der Waals surface area contributed by atoms with Crippen molar-refractivity contribution in [1.82, 2.24) is 5.32 Å². The van der Waals surface area contributed by atoms with Gasteiger partial charge in [-0.15, -0.1) is 0 Å². The van der Waals surface area contributed by atoms with Crippen LogP contribution >= 0.6 is 0 Å². The summed E-state index contributed by atoms with van der Waals surface area (Å²) in [4.78, 5) is 0. The molecule has 94 valence electrons. The predicted octanol–water partition coefficient (Wildman–Crippen LogP) is 2.47. The summed E-state index contributed by atoms with van der Waals surface area (Å²) >= 11 is 0. The van der Waals surface area contributed by atoms with Crippen molar-refractivity contribution < 1.29 is 9.50 Å². The number of aliphatic hydroxyl groups is 1. The van der Waals surface area contributed by atoms with Crippen molar-refractivity contribution in [3.63, 3.8) is 0 Å². The van der Waals surface area contributed by atoms with Gasteiger partial charge in [0.05, 0.1) is 6.10 Å². The monoisotopic (exact) mass is 237 g/mol. The average Bonchev–Trinajstić information content (AvgIpc) is 2.85. The van der Waals surface area contributed by atoms with Gasteiger partial charge in [0.2, 0.25) is 0 Å². The first-order chi connectivity index (χ1) is 8.25. The number of hydrogen-bond acceptors (Lipinski definition) is 2. The molecule has 3 heteroatoms. The highest BCUT2D eigenvalue weighted by Gasteiger charge is 2.22. The summed E-state index contributed by atoms with van der Waals surface area (Å²) in [5, 5.41) is 13.2. The van der Waals surface area contributed by atoms with Crippen molar-refractivity contribution in [2.24, 2.45) is 5.92 Å². The van der Waals surface area contributed by atoms with Crippen LogP contribution in [0, 0.1) is 11.7 Å². The van der Waals surface area contributed by atoms with E-state index in [9.17, 15) is 9.50 Å². The second kappa shape index (κ2) is 6.12. The summed E-state index contributed by atoms with van der Waals surface area (Å²) in [5.74, 6) is 0.260. The summed E-state index contributed by atoms with van der Waals surface area (Å²) in [6.07, 6.45) is 4.57. The molecule has 2 rings (SSSR count). The summed E-state index contributed by atoms with van der Waals surface area (Å²) in [6.45, 7) is 1.31. The Morgan fingerprint density at radius 1 is 1.24 bits per heavy atom. The number of hydrogen-bond donors (Lipinski definition) is 2. The standard InChI is InChI=1S/C14H20FNO/c15-13-7-5-11(6-8-13)9-16-10-14(17)12-3-1-2-4-12/h5-8,12,14,16-17H,1-4,9-10H2. The highest BCUT2D eigenvalue weighted by molar-refractivity contribution is 5.15. The summed E-state index contributed by atoms with van der Waals surface area (Å²) < 4.78 is 12.7. The van der Waals surface area contributed by atoms with Crippen LogP contribution in [0.1, 0.15) is 31.2 Å². The lowest BCUT2D eigenvalue weighted by atomic mass is 10.0. The van der Waals surface area contributed by atoms with Gasteiger partial charge in [-0.1, -0.05) is 25.0 Å². The Kier molecular flexibility index (Phi) is 4.51. The van der Waals surface area contributed by atoms with Crippen molar-refractivity contribution in [2.45, 2.75) is 38.3 Å². The zero-order valence-electron chi connectivity index (χ0n) is 10.0. The van der Waals surface area contributed by atoms with Crippen molar-refractivity contribution in [1.29, 1.82) is 0 Å². The first kappa shape index (κ1) is 12.5. The Hall–Kier alpha value is -0.930. The molecule has 1 saturated carbocycles. The fraction of sp³-hybridized carbons (Fsp3) is 0.571. The molecule has 0 amide bonds. The van der Waals surface area contributed by atoms with Crippen LogP contribution < -0.4 is 5.32 Å². The quantitative estimate of drug-likeness (QED) is 0.824. The Bertz CT molecular complexity index is 333. The van der Waals surface area contributed by atoms with E-state index >= 15 is 0 Å². The molecule has 1 atom stereocenters. The Balaban J connectivity index is 1.70. The lowest BCUT2D eigenvalue weighted by Crippen LogP contribution is -2.31. The van der Waals surface area contributed by atoms with Crippen LogP contribution in [-0.2, 0) is 6.54 Å². The first-order valence-corrected chi connectivity index (χ1v) is 6.39. The van der Waals surface area contributed by atoms with Gasteiger partial charge in [-0.2, -0.15) is 0 Å². The van der Waals surface area contributed by atoms with E-state index in [4.69, 9.17) is 0 Å². The maximum Gasteiger partial charge on any atom is 0.123 e. The summed E-state index contributed by atoms with van der Waals surface area (Å²) in [5.41, 5.74) is 1.05. The summed E-state index contributed by atoms with van der Waals surface area (Å²) in [7, 11) is 0. The van der Waals surface area contributed by atoms with Crippen molar-refractivity contribution in [3.8, 4) is 0 Å². The lowest BCUT2D eigenvalue weighted by molar-refractivity contribution is 0.109. The van der Waals surface area contributed by atoms with Crippen LogP contribution in [0.15, 0.2) is 24.3 Å². The predicted molar refractivity (Wildman–Crippen MR) is 66.1 cm³/mol. The summed E-state index contributed by atoms with van der Waals surface area (Å²) in [6, 6.07) is 6.46. The van der Waals surface area contributed by atoms with Gasteiger partial charge in [0.1, 0.15) is 5.82 Å². The molecule has 0 aromatic heterocycles. The van der Waals surface area contributed by atoms with Gasteiger partial charge in [-0.05, 0) is 36.5 Å². The van der Waals surface area contributed by atoms with Crippen LogP contribution in [0.4, 0.5) is 4.39 Å². The molecule has 1 unspecified atom stereocenters. The Morgan fingerprint density at radius 2 is 1.88 bits per heavy atom. The molecule has 0 spiro atoms. The number of halogens is 1. The van der Waals surface area contributed by atoms with Gasteiger partial charge in [-0.25, -0.2) is 4.39 Å². The third-order valence-corrected chi connectivity index (χ3v) is 3.54. The van der Waals surface area contributed by atoms with Crippen molar-refractivity contribution in [2.75, 3.05) is 6.54 Å². The molecule has 17 heavy (non-hydrogen) atoms. The van der Waals surface area contributed by atoms with Gasteiger partial charge < -0.3 is 10.4 Å². The van der Waals surface area contributed by atoms with E-state index < -0.39 is 0 Å². The molecule has 0 bridgehead atoms. The molecule has 0 heterocycles. The largest absolute Gasteiger partial charge is 0.392 e. The van der Waals surface area contributed by atoms with Gasteiger partial charge in [0.15, 0.2) is 0 Å². The number of aliphatic hydroxyl groups excluding tert-OH is 1. The van der Waals surface area contributed by atoms with E-state index in [0.29, 0.717) is 19.0 Å². The van der Waals surface area contributed by atoms with Gasteiger partial charge in [0.25, 0.3) is 0 Å². The minimum absolute atomic E-state index is 0.209. The molecule has 2 nitrogen and oxygen atoms in total. The second-order valence-electron chi connectivity index (χ2n) is 4.87. The molecule has 1 aromatic carbocycles. The van der Waals surface area contributed by atoms with Crippen LogP contribution in [-0.4, -0.2) is 17.8 Å². The van der Waals surface area contributed by atoms with Crippen LogP contribution in [0.2, 0.25) is 0 Å². The minimum Gasteiger partial charge on any atom is -0.392 e. The maximum atomic E-state index is 12.7. The van der Waals surface area contributed by atoms with Crippen LogP contribution in [0.5, 0.6) is 0 Å². The molecule has 1 aromatic rings. The van der Waals surface area contributed by atoms with E-state index in [1.807, 2.05) is 0 Å². The van der Waals surface area contributed by atoms with Crippen molar-refractivity contribution in [3.05, 3.63) is 35.6 Å². The van der Waals surface area contributed by atoms with Crippen molar-refractivity contribution >= 4 is 0 Å². The molecule has 0 saturated heterocycles. The minimum atomic E-state index is -0.238. The van der Waals surface area contributed by atoms with E-state index in [2.05, 4.69) is 5.32 Å². The van der Waals surface area contributed by atoms with Crippen LogP contribution in [0.3, 0.4) is 0 Å². The third-order valence-electron chi connectivity index (χ3n) is 3.54. The highest BCUT2D eigenvalue weighted by Crippen LogP contribution is 2.27. The van der Waals surface area contributed by atoms with Gasteiger partial charge >= 0.3 is 0 Å². The van der Waals surface area contributed by atoms with E-state index in [0.717, 1.165) is 18.4 Å². The molecule has 2 N–H and O–H groups in total. The molecule has 0 aliphatic heterocycles. The third kappa shape index (κ3) is 3.79. The van der Waals surface area contributed by atoms with E-state index in [1.54, 1.807) is 12.1 Å². The fourth-order valence-electron chi connectivity index (χ4n) is 2.48. The van der Waals surface area contributed by atoms with Gasteiger partial charge in [0, 0.05) is 13.1 Å². The second-order valence-corrected chi connectivity index (χ2v) is 4.87. The zero-order valence-corrected chi connectivity index (χ0v) is 10.0. The number of nitrogens with one attached hydrogen (secondary N) is 1. The molecular weight excluding hydrogens is 217 g/mol. The normalized spacial score (nSPS) is 18.5. The highest BCUT2D eigenvalue weighted by atomic mass is 19.1. The fourth-order valence-corrected chi connectivity index (χ4v) is 2.48. The number of benzene rings is 1. The van der Waals surface area contributed by atoms with E-state index in [1.165, 1.54) is 25.0 Å². The zero-order chi connectivity index (χ0) is 12.1. The first-order valence-electron chi connectivity index (χ1n) is 6.39. The SMILES string of the molecule is OC(CNCc1ccc(F)cc1)C1CCCC1. The Labute approximate surface area is 102 Å². The molecule has 0 radical (unpaired) electrons. The molecule has 1 aliphatic carbocycles. The van der Waals surface area contributed by atoms with Crippen LogP contribution in [0.25, 0.3) is 0 Å². The maximum absolute atomic E-state index is 12.7. The smallest absolute Gasteiger partial charge is 0.123 e. The Morgan fingerprint density at radius 3 is 2.53 bits per heavy atom.